The van der Waals surface area contributed by atoms with Gasteiger partial charge in [0.05, 0.1) is 10.7 Å². The third kappa shape index (κ3) is 1.63. The fourth-order valence-electron chi connectivity index (χ4n) is 2.35. The first-order valence-electron chi connectivity index (χ1n) is 5.58. The maximum atomic E-state index is 6.04. The van der Waals surface area contributed by atoms with Crippen LogP contribution in [0.15, 0.2) is 41.5 Å². The largest absolute Gasteiger partial charge is 0.277 e. The number of nitrogens with one attached hydrogen (secondary N) is 1. The maximum Gasteiger partial charge on any atom is 0.0748 e. The Bertz CT molecular complexity index is 465. The average molecular weight is 233 g/mol. The Labute approximate surface area is 100 Å². The molecule has 2 nitrogen and oxygen atoms in total. The lowest BCUT2D eigenvalue weighted by Gasteiger charge is -2.31. The summed E-state index contributed by atoms with van der Waals surface area (Å²) in [6.45, 7) is 0. The van der Waals surface area contributed by atoms with Gasteiger partial charge in [0.1, 0.15) is 0 Å². The average Bonchev–Trinajstić information content (AvgIpc) is 2.63. The number of para-hydroxylation sites is 1. The quantitative estimate of drug-likeness (QED) is 0.610. The van der Waals surface area contributed by atoms with Crippen LogP contribution in [0.4, 0.5) is 5.69 Å². The number of halogens is 1. The molecule has 3 rings (SSSR count). The van der Waals surface area contributed by atoms with Crippen LogP contribution in [0, 0.1) is 11.8 Å². The molecule has 1 aromatic carbocycles. The molecule has 1 saturated carbocycles. The van der Waals surface area contributed by atoms with E-state index in [1.807, 2.05) is 24.3 Å². The number of allylic oxidation sites excluding steroid dienone is 2. The van der Waals surface area contributed by atoms with Crippen LogP contribution in [0.2, 0.25) is 5.02 Å². The second-order valence-electron chi connectivity index (χ2n) is 4.33. The van der Waals surface area contributed by atoms with Crippen molar-refractivity contribution in [3.63, 3.8) is 0 Å². The highest BCUT2D eigenvalue weighted by atomic mass is 35.5. The molecule has 1 aromatic rings. The van der Waals surface area contributed by atoms with Crippen molar-refractivity contribution in [2.75, 3.05) is 5.43 Å². The molecule has 2 atom stereocenters. The van der Waals surface area contributed by atoms with Crippen molar-refractivity contribution in [3.8, 4) is 0 Å². The SMILES string of the molecule is Clc1ccccc1N/N=C1/C[C@H]2C=CC[C@@H]12. The standard InChI is InChI=1S/C13H13ClN2/c14-11-6-1-2-7-12(11)15-16-13-8-9-4-3-5-10(9)13/h1-4,6-7,9-10,15H,5,8H2/b16-13-/t9-,10-/m1/s1. The van der Waals surface area contributed by atoms with Crippen molar-refractivity contribution in [1.29, 1.82) is 0 Å². The van der Waals surface area contributed by atoms with Crippen LogP contribution < -0.4 is 5.43 Å². The number of fused-ring (bicyclic) bond motifs is 1. The fourth-order valence-corrected chi connectivity index (χ4v) is 2.53. The summed E-state index contributed by atoms with van der Waals surface area (Å²) in [5.41, 5.74) is 5.21. The summed E-state index contributed by atoms with van der Waals surface area (Å²) in [6, 6.07) is 7.68. The monoisotopic (exact) mass is 232 g/mol. The van der Waals surface area contributed by atoms with Crippen molar-refractivity contribution in [1.82, 2.24) is 0 Å². The minimum Gasteiger partial charge on any atom is -0.277 e. The summed E-state index contributed by atoms with van der Waals surface area (Å²) in [5, 5.41) is 5.16. The van der Waals surface area contributed by atoms with Gasteiger partial charge in [-0.25, -0.2) is 0 Å². The number of nitrogens with zero attached hydrogens (tertiary/aromatic N) is 1. The van der Waals surface area contributed by atoms with Gasteiger partial charge in [-0.3, -0.25) is 5.43 Å². The minimum absolute atomic E-state index is 0.648. The highest BCUT2D eigenvalue weighted by Crippen LogP contribution is 2.40. The fraction of sp³-hybridized carbons (Fsp3) is 0.308. The van der Waals surface area contributed by atoms with Gasteiger partial charge >= 0.3 is 0 Å². The number of anilines is 1. The van der Waals surface area contributed by atoms with Gasteiger partial charge in [0.15, 0.2) is 0 Å². The maximum absolute atomic E-state index is 6.04. The van der Waals surface area contributed by atoms with E-state index >= 15 is 0 Å². The summed E-state index contributed by atoms with van der Waals surface area (Å²) in [6.07, 6.45) is 6.80. The van der Waals surface area contributed by atoms with Gasteiger partial charge in [-0.05, 0) is 30.9 Å². The van der Waals surface area contributed by atoms with E-state index in [-0.39, 0.29) is 0 Å². The number of hydrogen-bond donors (Lipinski definition) is 1. The highest BCUT2D eigenvalue weighted by molar-refractivity contribution is 6.33. The van der Waals surface area contributed by atoms with Crippen LogP contribution in [0.3, 0.4) is 0 Å². The van der Waals surface area contributed by atoms with E-state index in [1.165, 1.54) is 5.71 Å². The second kappa shape index (κ2) is 3.95. The van der Waals surface area contributed by atoms with Crippen molar-refractivity contribution >= 4 is 23.0 Å². The van der Waals surface area contributed by atoms with E-state index in [2.05, 4.69) is 22.7 Å². The molecule has 0 aromatic heterocycles. The van der Waals surface area contributed by atoms with Gasteiger partial charge in [-0.15, -0.1) is 0 Å². The van der Waals surface area contributed by atoms with Crippen LogP contribution in [0.1, 0.15) is 12.8 Å². The van der Waals surface area contributed by atoms with E-state index in [0.29, 0.717) is 10.9 Å². The molecule has 2 aliphatic rings. The molecule has 0 saturated heterocycles. The zero-order valence-corrected chi connectivity index (χ0v) is 9.61. The summed E-state index contributed by atoms with van der Waals surface area (Å²) in [4.78, 5) is 0. The number of hydrazone groups is 1. The third-order valence-electron chi connectivity index (χ3n) is 3.36. The summed E-state index contributed by atoms with van der Waals surface area (Å²) >= 11 is 6.04. The van der Waals surface area contributed by atoms with Gasteiger partial charge in [-0.1, -0.05) is 35.9 Å². The van der Waals surface area contributed by atoms with Gasteiger partial charge in [0, 0.05) is 11.6 Å². The van der Waals surface area contributed by atoms with Gasteiger partial charge in [0.25, 0.3) is 0 Å². The molecule has 1 fully saturated rings. The molecule has 2 aliphatic carbocycles. The van der Waals surface area contributed by atoms with Crippen LogP contribution in [0.25, 0.3) is 0 Å². The Balaban J connectivity index is 1.69. The summed E-state index contributed by atoms with van der Waals surface area (Å²) in [5.74, 6) is 1.39. The van der Waals surface area contributed by atoms with Gasteiger partial charge in [-0.2, -0.15) is 5.10 Å². The molecule has 0 heterocycles. The molecule has 82 valence electrons. The Hall–Kier alpha value is -1.28. The predicted octanol–water partition coefficient (Wildman–Crippen LogP) is 3.70. The lowest BCUT2D eigenvalue weighted by atomic mass is 9.74. The number of hydrogen-bond acceptors (Lipinski definition) is 2. The number of rotatable bonds is 2. The van der Waals surface area contributed by atoms with Gasteiger partial charge < -0.3 is 0 Å². The van der Waals surface area contributed by atoms with Crippen LogP contribution in [-0.2, 0) is 0 Å². The molecule has 0 unspecified atom stereocenters. The molecular formula is C13H13ClN2. The van der Waals surface area contributed by atoms with Crippen LogP contribution >= 0.6 is 11.6 Å². The lowest BCUT2D eigenvalue weighted by Crippen LogP contribution is -2.33. The Morgan fingerprint density at radius 1 is 1.31 bits per heavy atom. The van der Waals surface area contributed by atoms with Crippen molar-refractivity contribution in [3.05, 3.63) is 41.4 Å². The first-order chi connectivity index (χ1) is 7.84. The first-order valence-corrected chi connectivity index (χ1v) is 5.96. The minimum atomic E-state index is 0.648. The number of benzene rings is 1. The molecule has 1 N–H and O–H groups in total. The molecule has 0 amide bonds. The third-order valence-corrected chi connectivity index (χ3v) is 3.69. The molecule has 0 radical (unpaired) electrons. The van der Waals surface area contributed by atoms with Crippen LogP contribution in [-0.4, -0.2) is 5.71 Å². The van der Waals surface area contributed by atoms with Crippen molar-refractivity contribution < 1.29 is 0 Å². The molecule has 16 heavy (non-hydrogen) atoms. The molecular weight excluding hydrogens is 220 g/mol. The van der Waals surface area contributed by atoms with E-state index in [1.54, 1.807) is 0 Å². The zero-order valence-electron chi connectivity index (χ0n) is 8.86. The van der Waals surface area contributed by atoms with Gasteiger partial charge in [0.2, 0.25) is 0 Å². The summed E-state index contributed by atoms with van der Waals surface area (Å²) in [7, 11) is 0. The Kier molecular flexibility index (Phi) is 2.44. The molecule has 3 heteroatoms. The van der Waals surface area contributed by atoms with E-state index < -0.39 is 0 Å². The predicted molar refractivity (Wildman–Crippen MR) is 67.9 cm³/mol. The van der Waals surface area contributed by atoms with Crippen molar-refractivity contribution in [2.45, 2.75) is 12.8 Å². The first kappa shape index (κ1) is 9.91. The van der Waals surface area contributed by atoms with E-state index in [4.69, 9.17) is 11.6 Å². The molecule has 0 aliphatic heterocycles. The topological polar surface area (TPSA) is 24.4 Å². The highest BCUT2D eigenvalue weighted by Gasteiger charge is 2.37. The molecule has 0 bridgehead atoms. The Morgan fingerprint density at radius 2 is 2.19 bits per heavy atom. The second-order valence-corrected chi connectivity index (χ2v) is 4.74. The van der Waals surface area contributed by atoms with Crippen molar-refractivity contribution in [2.24, 2.45) is 16.9 Å². The summed E-state index contributed by atoms with van der Waals surface area (Å²) < 4.78 is 0. The lowest BCUT2D eigenvalue weighted by molar-refractivity contribution is 0.466. The zero-order chi connectivity index (χ0) is 11.0. The van der Waals surface area contributed by atoms with E-state index in [9.17, 15) is 0 Å². The smallest absolute Gasteiger partial charge is 0.0748 e. The van der Waals surface area contributed by atoms with Crippen LogP contribution in [0.5, 0.6) is 0 Å². The Morgan fingerprint density at radius 3 is 3.00 bits per heavy atom. The normalized spacial score (nSPS) is 28.9. The van der Waals surface area contributed by atoms with E-state index in [0.717, 1.165) is 24.4 Å². The molecule has 0 spiro atoms.